The molecule has 0 aliphatic heterocycles. The summed E-state index contributed by atoms with van der Waals surface area (Å²) in [6, 6.07) is 5.07. The van der Waals surface area contributed by atoms with Crippen LogP contribution in [0, 0.1) is 0 Å². The zero-order chi connectivity index (χ0) is 9.97. The second-order valence-electron chi connectivity index (χ2n) is 2.72. The highest BCUT2D eigenvalue weighted by molar-refractivity contribution is 5.90. The molecular weight excluding hydrogens is 180 g/mol. The lowest BCUT2D eigenvalue weighted by Crippen LogP contribution is -2.13. The highest BCUT2D eigenvalue weighted by Gasteiger charge is 2.03. The molecule has 0 radical (unpaired) electrons. The van der Waals surface area contributed by atoms with E-state index in [-0.39, 0.29) is 5.69 Å². The number of nitrogens with zero attached hydrogens (tertiary/aromatic N) is 3. The zero-order valence-corrected chi connectivity index (χ0v) is 7.29. The average Bonchev–Trinajstić information content (AvgIpc) is 2.71. The number of hydrogen-bond donors (Lipinski definition) is 1. The number of hydrogen-bond acceptors (Lipinski definition) is 3. The Balaban J connectivity index is 2.46. The molecule has 2 aromatic heterocycles. The van der Waals surface area contributed by atoms with Crippen molar-refractivity contribution in [3.05, 3.63) is 42.6 Å². The van der Waals surface area contributed by atoms with Gasteiger partial charge in [0.2, 0.25) is 0 Å². The number of primary amides is 1. The average molecular weight is 188 g/mol. The van der Waals surface area contributed by atoms with E-state index in [2.05, 4.69) is 9.97 Å². The van der Waals surface area contributed by atoms with Crippen molar-refractivity contribution in [1.29, 1.82) is 0 Å². The second kappa shape index (κ2) is 3.29. The highest BCUT2D eigenvalue weighted by atomic mass is 16.1. The monoisotopic (exact) mass is 188 g/mol. The summed E-state index contributed by atoms with van der Waals surface area (Å²) in [6.07, 6.45) is 4.98. The summed E-state index contributed by atoms with van der Waals surface area (Å²) < 4.78 is 1.70. The van der Waals surface area contributed by atoms with Crippen LogP contribution in [0.4, 0.5) is 0 Å². The molecular formula is C9H8N4O. The van der Waals surface area contributed by atoms with Crippen LogP contribution < -0.4 is 5.73 Å². The molecule has 14 heavy (non-hydrogen) atoms. The Morgan fingerprint density at radius 3 is 2.93 bits per heavy atom. The maximum Gasteiger partial charge on any atom is 0.267 e. The maximum atomic E-state index is 10.9. The fraction of sp³-hybridized carbons (Fsp3) is 0. The normalized spacial score (nSPS) is 10.0. The Kier molecular flexibility index (Phi) is 1.98. The Labute approximate surface area is 80.2 Å². The number of carbonyl (C=O) groups is 1. The number of amides is 1. The van der Waals surface area contributed by atoms with E-state index in [9.17, 15) is 4.79 Å². The summed E-state index contributed by atoms with van der Waals surface area (Å²) in [5.74, 6) is 0.0887. The fourth-order valence-corrected chi connectivity index (χ4v) is 1.10. The number of aromatic nitrogens is 3. The van der Waals surface area contributed by atoms with Gasteiger partial charge < -0.3 is 5.73 Å². The number of rotatable bonds is 2. The molecule has 0 saturated heterocycles. The molecule has 5 nitrogen and oxygen atoms in total. The van der Waals surface area contributed by atoms with E-state index in [0.29, 0.717) is 5.82 Å². The van der Waals surface area contributed by atoms with Crippen molar-refractivity contribution in [3.63, 3.8) is 0 Å². The molecule has 0 atom stereocenters. The first-order valence-electron chi connectivity index (χ1n) is 4.02. The van der Waals surface area contributed by atoms with Gasteiger partial charge >= 0.3 is 0 Å². The minimum Gasteiger partial charge on any atom is -0.364 e. The van der Waals surface area contributed by atoms with Crippen LogP contribution in [0.15, 0.2) is 36.9 Å². The van der Waals surface area contributed by atoms with Crippen LogP contribution in [0.5, 0.6) is 0 Å². The van der Waals surface area contributed by atoms with Gasteiger partial charge in [-0.1, -0.05) is 6.07 Å². The number of pyridine rings is 1. The number of carbonyl (C=O) groups excluding carboxylic acids is 1. The first-order chi connectivity index (χ1) is 6.77. The van der Waals surface area contributed by atoms with E-state index < -0.39 is 5.91 Å². The minimum absolute atomic E-state index is 0.246. The van der Waals surface area contributed by atoms with E-state index in [1.807, 2.05) is 0 Å². The summed E-state index contributed by atoms with van der Waals surface area (Å²) in [6.45, 7) is 0. The molecule has 2 rings (SSSR count). The van der Waals surface area contributed by atoms with Crippen molar-refractivity contribution in [2.45, 2.75) is 0 Å². The van der Waals surface area contributed by atoms with E-state index in [1.54, 1.807) is 41.5 Å². The quantitative estimate of drug-likeness (QED) is 0.739. The van der Waals surface area contributed by atoms with E-state index in [0.717, 1.165) is 0 Å². The highest BCUT2D eigenvalue weighted by Crippen LogP contribution is 2.04. The predicted molar refractivity (Wildman–Crippen MR) is 49.9 cm³/mol. The third kappa shape index (κ3) is 1.47. The summed E-state index contributed by atoms with van der Waals surface area (Å²) in [5.41, 5.74) is 5.36. The number of imidazole rings is 1. The summed E-state index contributed by atoms with van der Waals surface area (Å²) in [5, 5.41) is 0. The minimum atomic E-state index is -0.535. The molecule has 0 unspecified atom stereocenters. The van der Waals surface area contributed by atoms with Gasteiger partial charge in [0, 0.05) is 12.4 Å². The van der Waals surface area contributed by atoms with Crippen LogP contribution in [0.3, 0.4) is 0 Å². The first kappa shape index (κ1) is 8.43. The van der Waals surface area contributed by atoms with Gasteiger partial charge in [-0.2, -0.15) is 0 Å². The molecule has 0 bridgehead atoms. The molecule has 0 fully saturated rings. The van der Waals surface area contributed by atoms with E-state index in [4.69, 9.17) is 5.73 Å². The molecule has 0 aromatic carbocycles. The van der Waals surface area contributed by atoms with Crippen molar-refractivity contribution < 1.29 is 4.79 Å². The largest absolute Gasteiger partial charge is 0.364 e. The van der Waals surface area contributed by atoms with Crippen LogP contribution in [0.1, 0.15) is 10.5 Å². The van der Waals surface area contributed by atoms with Gasteiger partial charge in [-0.15, -0.1) is 0 Å². The molecule has 2 N–H and O–H groups in total. The lowest BCUT2D eigenvalue weighted by Gasteiger charge is -2.01. The molecule has 1 amide bonds. The van der Waals surface area contributed by atoms with Crippen LogP contribution >= 0.6 is 0 Å². The van der Waals surface area contributed by atoms with Crippen LogP contribution in [0.2, 0.25) is 0 Å². The van der Waals surface area contributed by atoms with E-state index >= 15 is 0 Å². The van der Waals surface area contributed by atoms with E-state index in [1.165, 1.54) is 0 Å². The summed E-state index contributed by atoms with van der Waals surface area (Å²) in [4.78, 5) is 18.8. The SMILES string of the molecule is NC(=O)c1cccc(-n2ccnc2)n1. The second-order valence-corrected chi connectivity index (χ2v) is 2.72. The molecule has 2 aromatic rings. The number of nitrogens with two attached hydrogens (primary N) is 1. The third-order valence-corrected chi connectivity index (χ3v) is 1.76. The Bertz CT molecular complexity index is 450. The Morgan fingerprint density at radius 1 is 1.43 bits per heavy atom. The van der Waals surface area contributed by atoms with Gasteiger partial charge in [-0.05, 0) is 12.1 Å². The Morgan fingerprint density at radius 2 is 2.29 bits per heavy atom. The van der Waals surface area contributed by atoms with Crippen LogP contribution in [0.25, 0.3) is 5.82 Å². The van der Waals surface area contributed by atoms with Crippen molar-refractivity contribution in [3.8, 4) is 5.82 Å². The molecule has 5 heteroatoms. The third-order valence-electron chi connectivity index (χ3n) is 1.76. The van der Waals surface area contributed by atoms with Gasteiger partial charge in [0.15, 0.2) is 0 Å². The van der Waals surface area contributed by atoms with Gasteiger partial charge in [-0.25, -0.2) is 9.97 Å². The van der Waals surface area contributed by atoms with Gasteiger partial charge in [-0.3, -0.25) is 9.36 Å². The zero-order valence-electron chi connectivity index (χ0n) is 7.29. The molecule has 0 saturated carbocycles. The van der Waals surface area contributed by atoms with Crippen LogP contribution in [-0.2, 0) is 0 Å². The van der Waals surface area contributed by atoms with Crippen molar-refractivity contribution in [2.75, 3.05) is 0 Å². The molecule has 70 valence electrons. The van der Waals surface area contributed by atoms with Crippen molar-refractivity contribution in [2.24, 2.45) is 5.73 Å². The van der Waals surface area contributed by atoms with Gasteiger partial charge in [0.05, 0.1) is 0 Å². The first-order valence-corrected chi connectivity index (χ1v) is 4.02. The maximum absolute atomic E-state index is 10.9. The smallest absolute Gasteiger partial charge is 0.267 e. The molecule has 0 aliphatic carbocycles. The fourth-order valence-electron chi connectivity index (χ4n) is 1.10. The Hall–Kier alpha value is -2.17. The van der Waals surface area contributed by atoms with Crippen molar-refractivity contribution >= 4 is 5.91 Å². The summed E-state index contributed by atoms with van der Waals surface area (Å²) >= 11 is 0. The topological polar surface area (TPSA) is 73.8 Å². The van der Waals surface area contributed by atoms with Crippen molar-refractivity contribution in [1.82, 2.24) is 14.5 Å². The molecule has 0 spiro atoms. The molecule has 2 heterocycles. The van der Waals surface area contributed by atoms with Crippen LogP contribution in [-0.4, -0.2) is 20.4 Å². The standard InChI is InChI=1S/C9H8N4O/c10-9(14)7-2-1-3-8(12-7)13-5-4-11-6-13/h1-6H,(H2,10,14). The van der Waals surface area contributed by atoms with Gasteiger partial charge in [0.1, 0.15) is 17.8 Å². The lowest BCUT2D eigenvalue weighted by atomic mass is 10.3. The lowest BCUT2D eigenvalue weighted by molar-refractivity contribution is 0.0995. The predicted octanol–water partition coefficient (Wildman–Crippen LogP) is 0.366. The molecule has 0 aliphatic rings. The summed E-state index contributed by atoms with van der Waals surface area (Å²) in [7, 11) is 0. The van der Waals surface area contributed by atoms with Gasteiger partial charge in [0.25, 0.3) is 5.91 Å².